The van der Waals surface area contributed by atoms with E-state index < -0.39 is 17.8 Å². The molecule has 0 amide bonds. The van der Waals surface area contributed by atoms with Gasteiger partial charge in [-0.05, 0) is 25.6 Å². The van der Waals surface area contributed by atoms with Gasteiger partial charge in [0.05, 0.1) is 5.76 Å². The Hall–Kier alpha value is -1.93. The van der Waals surface area contributed by atoms with E-state index in [0.717, 1.165) is 19.3 Å². The molecule has 1 aromatic rings. The molecule has 0 fully saturated rings. The van der Waals surface area contributed by atoms with Crippen LogP contribution in [-0.4, -0.2) is 29.0 Å². The van der Waals surface area contributed by atoms with Gasteiger partial charge in [-0.25, -0.2) is 4.79 Å². The monoisotopic (exact) mass is 398 g/mol. The van der Waals surface area contributed by atoms with Crippen LogP contribution in [-0.2, 0) is 14.2 Å². The highest BCUT2D eigenvalue weighted by Crippen LogP contribution is 2.13. The minimum absolute atomic E-state index is 0.0721. The largest absolute Gasteiger partial charge is 0.473 e. The summed E-state index contributed by atoms with van der Waals surface area (Å²) in [6.07, 6.45) is 8.92. The van der Waals surface area contributed by atoms with Crippen LogP contribution in [0.25, 0.3) is 0 Å². The van der Waals surface area contributed by atoms with Gasteiger partial charge in [0.25, 0.3) is 5.56 Å². The van der Waals surface area contributed by atoms with E-state index in [9.17, 15) is 9.59 Å². The summed E-state index contributed by atoms with van der Waals surface area (Å²) in [5, 5.41) is 0. The molecule has 0 aromatic carbocycles. The van der Waals surface area contributed by atoms with Crippen LogP contribution in [0.15, 0.2) is 23.3 Å². The van der Waals surface area contributed by atoms with E-state index in [2.05, 4.69) is 23.5 Å². The highest BCUT2D eigenvalue weighted by molar-refractivity contribution is 7.71. The molecule has 0 radical (unpaired) electrons. The van der Waals surface area contributed by atoms with E-state index >= 15 is 0 Å². The molecule has 0 aliphatic rings. The first-order valence-corrected chi connectivity index (χ1v) is 9.77. The van der Waals surface area contributed by atoms with Crippen LogP contribution in [0, 0.1) is 4.77 Å². The van der Waals surface area contributed by atoms with Crippen LogP contribution in [0.5, 0.6) is 0 Å². The summed E-state index contributed by atoms with van der Waals surface area (Å²) in [6, 6.07) is 0. The van der Waals surface area contributed by atoms with Crippen molar-refractivity contribution in [2.75, 3.05) is 6.79 Å². The van der Waals surface area contributed by atoms with Crippen LogP contribution in [0.1, 0.15) is 75.6 Å². The molecule has 0 aliphatic heterocycles. The summed E-state index contributed by atoms with van der Waals surface area (Å²) in [7, 11) is 0. The Morgan fingerprint density at radius 1 is 1.22 bits per heavy atom. The summed E-state index contributed by atoms with van der Waals surface area (Å²) >= 11 is 4.81. The second-order valence-electron chi connectivity index (χ2n) is 6.36. The van der Waals surface area contributed by atoms with Gasteiger partial charge in [0, 0.05) is 12.6 Å². The van der Waals surface area contributed by atoms with Crippen molar-refractivity contribution in [2.24, 2.45) is 0 Å². The average molecular weight is 399 g/mol. The molecule has 1 aromatic heterocycles. The van der Waals surface area contributed by atoms with Gasteiger partial charge in [-0.15, -0.1) is 0 Å². The Labute approximate surface area is 165 Å². The number of allylic oxidation sites excluding steroid dienone is 1. The van der Waals surface area contributed by atoms with Gasteiger partial charge < -0.3 is 19.2 Å². The zero-order chi connectivity index (χ0) is 20.1. The Balaban J connectivity index is 2.54. The first-order chi connectivity index (χ1) is 12.9. The molecular formula is C19H30N2O5S. The molecule has 27 heavy (non-hydrogen) atoms. The number of ether oxygens (including phenoxy) is 3. The van der Waals surface area contributed by atoms with Crippen LogP contribution in [0.4, 0.5) is 0 Å². The zero-order valence-electron chi connectivity index (χ0n) is 16.2. The van der Waals surface area contributed by atoms with E-state index in [1.807, 2.05) is 0 Å². The van der Waals surface area contributed by atoms with Crippen molar-refractivity contribution < 1.29 is 19.0 Å². The molecular weight excluding hydrogens is 368 g/mol. The van der Waals surface area contributed by atoms with Gasteiger partial charge in [-0.1, -0.05) is 52.0 Å². The topological polar surface area (TPSA) is 93.4 Å². The van der Waals surface area contributed by atoms with Crippen LogP contribution < -0.4 is 5.56 Å². The number of rotatable bonds is 14. The van der Waals surface area contributed by atoms with Crippen LogP contribution in [0.2, 0.25) is 0 Å². The van der Waals surface area contributed by atoms with Gasteiger partial charge >= 0.3 is 5.97 Å². The van der Waals surface area contributed by atoms with Gasteiger partial charge in [-0.2, -0.15) is 0 Å². The lowest BCUT2D eigenvalue weighted by atomic mass is 10.1. The lowest BCUT2D eigenvalue weighted by Crippen LogP contribution is -2.27. The number of esters is 1. The molecule has 0 saturated carbocycles. The molecule has 0 bridgehead atoms. The fourth-order valence-electron chi connectivity index (χ4n) is 2.40. The molecule has 8 heteroatoms. The molecule has 1 atom stereocenters. The predicted molar refractivity (Wildman–Crippen MR) is 106 cm³/mol. The van der Waals surface area contributed by atoms with Gasteiger partial charge in [-0.3, -0.25) is 9.78 Å². The van der Waals surface area contributed by atoms with Crippen molar-refractivity contribution >= 4 is 18.2 Å². The van der Waals surface area contributed by atoms with E-state index in [4.69, 9.17) is 26.4 Å². The summed E-state index contributed by atoms with van der Waals surface area (Å²) in [5.41, 5.74) is -0.755. The molecule has 2 N–H and O–H groups in total. The quantitative estimate of drug-likeness (QED) is 0.157. The Morgan fingerprint density at radius 2 is 1.89 bits per heavy atom. The lowest BCUT2D eigenvalue weighted by molar-refractivity contribution is -0.163. The molecule has 152 valence electrons. The molecule has 1 rings (SSSR count). The summed E-state index contributed by atoms with van der Waals surface area (Å²) < 4.78 is 16.1. The van der Waals surface area contributed by atoms with Crippen molar-refractivity contribution in [3.8, 4) is 0 Å². The van der Waals surface area contributed by atoms with Crippen molar-refractivity contribution in [3.63, 3.8) is 0 Å². The maximum absolute atomic E-state index is 12.3. The van der Waals surface area contributed by atoms with Crippen molar-refractivity contribution in [1.82, 2.24) is 9.97 Å². The standard InChI is InChI=1S/C19H30N2O5S/c1-4-5-6-7-8-9-10-11-16(25-13-24-14(2)3)26-18(23)15-12-20-19(27)21-17(15)22/h12,16H,2,4-11,13H2,1,3H3,(H2,20,21,22,27). The second kappa shape index (κ2) is 13.3. The Bertz CT molecular complexity index is 698. The first-order valence-electron chi connectivity index (χ1n) is 9.37. The molecule has 1 heterocycles. The van der Waals surface area contributed by atoms with Crippen LogP contribution >= 0.6 is 12.2 Å². The SMILES string of the molecule is C=C(C)OCOC(CCCCCCCCC)OC(=O)c1c[nH]c(=S)[nH]c1=O. The van der Waals surface area contributed by atoms with Crippen molar-refractivity contribution in [3.05, 3.63) is 39.2 Å². The number of nitrogens with one attached hydrogen (secondary N) is 2. The minimum Gasteiger partial charge on any atom is -0.473 e. The number of aromatic nitrogens is 2. The number of unbranched alkanes of at least 4 members (excludes halogenated alkanes) is 6. The number of aromatic amines is 2. The number of hydrogen-bond acceptors (Lipinski definition) is 6. The van der Waals surface area contributed by atoms with E-state index in [1.54, 1.807) is 6.92 Å². The molecule has 0 spiro atoms. The van der Waals surface area contributed by atoms with Gasteiger partial charge in [0.15, 0.2) is 11.6 Å². The number of H-pyrrole nitrogens is 2. The third-order valence-corrected chi connectivity index (χ3v) is 4.10. The van der Waals surface area contributed by atoms with Gasteiger partial charge in [0.1, 0.15) is 5.56 Å². The lowest BCUT2D eigenvalue weighted by Gasteiger charge is -2.18. The maximum atomic E-state index is 12.3. The van der Waals surface area contributed by atoms with Crippen LogP contribution in [0.3, 0.4) is 0 Å². The molecule has 0 aliphatic carbocycles. The highest BCUT2D eigenvalue weighted by Gasteiger charge is 2.19. The first kappa shape index (κ1) is 23.1. The molecule has 7 nitrogen and oxygen atoms in total. The highest BCUT2D eigenvalue weighted by atomic mass is 32.1. The minimum atomic E-state index is -0.796. The van der Waals surface area contributed by atoms with Gasteiger partial charge in [0.2, 0.25) is 6.29 Å². The normalized spacial score (nSPS) is 11.8. The van der Waals surface area contributed by atoms with E-state index in [0.29, 0.717) is 12.2 Å². The summed E-state index contributed by atoms with van der Waals surface area (Å²) in [4.78, 5) is 29.1. The predicted octanol–water partition coefficient (Wildman–Crippen LogP) is 4.58. The third kappa shape index (κ3) is 10.1. The summed E-state index contributed by atoms with van der Waals surface area (Å²) in [5.74, 6) is -0.270. The van der Waals surface area contributed by atoms with Crippen molar-refractivity contribution in [2.45, 2.75) is 71.5 Å². The number of carbonyl (C=O) groups is 1. The average Bonchev–Trinajstić information content (AvgIpc) is 2.60. The fraction of sp³-hybridized carbons (Fsp3) is 0.632. The van der Waals surface area contributed by atoms with Crippen molar-refractivity contribution in [1.29, 1.82) is 0 Å². The fourth-order valence-corrected chi connectivity index (χ4v) is 2.55. The second-order valence-corrected chi connectivity index (χ2v) is 6.77. The zero-order valence-corrected chi connectivity index (χ0v) is 17.0. The third-order valence-electron chi connectivity index (χ3n) is 3.88. The van der Waals surface area contributed by atoms with E-state index in [1.165, 1.54) is 31.9 Å². The Morgan fingerprint density at radius 3 is 2.52 bits per heavy atom. The smallest absolute Gasteiger partial charge is 0.347 e. The maximum Gasteiger partial charge on any atom is 0.347 e. The van der Waals surface area contributed by atoms with E-state index in [-0.39, 0.29) is 17.1 Å². The summed E-state index contributed by atoms with van der Waals surface area (Å²) in [6.45, 7) is 7.44. The molecule has 1 unspecified atom stereocenters. The number of hydrogen-bond donors (Lipinski definition) is 2. The molecule has 0 saturated heterocycles. The Kier molecular flexibility index (Phi) is 11.4. The number of carbonyl (C=O) groups excluding carboxylic acids is 1.